The molecule has 0 fully saturated rings. The summed E-state index contributed by atoms with van der Waals surface area (Å²) in [5.41, 5.74) is 0.196. The van der Waals surface area contributed by atoms with Gasteiger partial charge in [0.05, 0.1) is 5.57 Å². The van der Waals surface area contributed by atoms with Gasteiger partial charge in [0.2, 0.25) is 0 Å². The van der Waals surface area contributed by atoms with E-state index in [-0.39, 0.29) is 5.57 Å². The zero-order chi connectivity index (χ0) is 6.69. The number of hydrogen-bond acceptors (Lipinski definition) is 3. The van der Waals surface area contributed by atoms with Crippen LogP contribution in [0.1, 0.15) is 0 Å². The summed E-state index contributed by atoms with van der Waals surface area (Å²) < 4.78 is 0. The third kappa shape index (κ3) is 1.28. The Morgan fingerprint density at radius 2 is 2.67 bits per heavy atom. The van der Waals surface area contributed by atoms with Gasteiger partial charge in [-0.2, -0.15) is 0 Å². The van der Waals surface area contributed by atoms with E-state index in [1.54, 1.807) is 0 Å². The van der Waals surface area contributed by atoms with Crippen molar-refractivity contribution in [2.24, 2.45) is 4.99 Å². The Morgan fingerprint density at radius 1 is 1.89 bits per heavy atom. The highest BCUT2D eigenvalue weighted by Gasteiger charge is 2.04. The molecule has 0 aromatic rings. The molecular formula is C5H6N2O2. The quantitative estimate of drug-likeness (QED) is 0.502. The van der Waals surface area contributed by atoms with Crippen LogP contribution in [0.4, 0.5) is 0 Å². The summed E-state index contributed by atoms with van der Waals surface area (Å²) in [5.74, 6) is -0.953. The van der Waals surface area contributed by atoms with Crippen molar-refractivity contribution in [3.8, 4) is 0 Å². The SMILES string of the molecule is O=C(O)C1=CNCN=C1. The summed E-state index contributed by atoms with van der Waals surface area (Å²) in [6, 6.07) is 0. The van der Waals surface area contributed by atoms with E-state index >= 15 is 0 Å². The van der Waals surface area contributed by atoms with Gasteiger partial charge in [-0.05, 0) is 0 Å². The summed E-state index contributed by atoms with van der Waals surface area (Å²) in [7, 11) is 0. The molecule has 0 unspecified atom stereocenters. The summed E-state index contributed by atoms with van der Waals surface area (Å²) >= 11 is 0. The number of carboxylic acids is 1. The van der Waals surface area contributed by atoms with Gasteiger partial charge in [-0.3, -0.25) is 4.99 Å². The largest absolute Gasteiger partial charge is 0.478 e. The lowest BCUT2D eigenvalue weighted by Gasteiger charge is -2.01. The van der Waals surface area contributed by atoms with Crippen molar-refractivity contribution in [2.45, 2.75) is 0 Å². The van der Waals surface area contributed by atoms with Crippen molar-refractivity contribution in [2.75, 3.05) is 6.67 Å². The lowest BCUT2D eigenvalue weighted by atomic mass is 10.3. The Morgan fingerprint density at radius 3 is 3.00 bits per heavy atom. The monoisotopic (exact) mass is 126 g/mol. The first-order valence-electron chi connectivity index (χ1n) is 2.47. The molecule has 4 heteroatoms. The molecule has 1 heterocycles. The molecule has 0 saturated heterocycles. The normalized spacial score (nSPS) is 16.2. The third-order valence-electron chi connectivity index (χ3n) is 0.917. The average Bonchev–Trinajstić information content (AvgIpc) is 1.90. The molecule has 1 rings (SSSR count). The molecule has 0 spiro atoms. The molecule has 1 aliphatic rings. The smallest absolute Gasteiger partial charge is 0.338 e. The number of aliphatic imine (C=N–C) groups is 1. The van der Waals surface area contributed by atoms with Crippen LogP contribution in [0.2, 0.25) is 0 Å². The van der Waals surface area contributed by atoms with Gasteiger partial charge in [0.25, 0.3) is 0 Å². The van der Waals surface area contributed by atoms with Gasteiger partial charge in [0, 0.05) is 12.4 Å². The van der Waals surface area contributed by atoms with Crippen LogP contribution in [-0.4, -0.2) is 24.0 Å². The second-order valence-corrected chi connectivity index (χ2v) is 1.58. The van der Waals surface area contributed by atoms with Crippen molar-refractivity contribution in [1.82, 2.24) is 5.32 Å². The molecule has 2 N–H and O–H groups in total. The van der Waals surface area contributed by atoms with Crippen molar-refractivity contribution in [1.29, 1.82) is 0 Å². The van der Waals surface area contributed by atoms with Crippen LogP contribution >= 0.6 is 0 Å². The Balaban J connectivity index is 2.69. The average molecular weight is 126 g/mol. The number of rotatable bonds is 1. The molecule has 9 heavy (non-hydrogen) atoms. The number of hydrogen-bond donors (Lipinski definition) is 2. The van der Waals surface area contributed by atoms with Crippen LogP contribution in [0.25, 0.3) is 0 Å². The zero-order valence-corrected chi connectivity index (χ0v) is 4.66. The van der Waals surface area contributed by atoms with E-state index in [4.69, 9.17) is 5.11 Å². The zero-order valence-electron chi connectivity index (χ0n) is 4.66. The third-order valence-corrected chi connectivity index (χ3v) is 0.917. The van der Waals surface area contributed by atoms with E-state index < -0.39 is 5.97 Å². The number of nitrogens with one attached hydrogen (secondary N) is 1. The van der Waals surface area contributed by atoms with E-state index in [0.717, 1.165) is 0 Å². The first-order chi connectivity index (χ1) is 4.30. The second kappa shape index (κ2) is 2.30. The van der Waals surface area contributed by atoms with Crippen molar-refractivity contribution in [3.63, 3.8) is 0 Å². The highest BCUT2D eigenvalue weighted by atomic mass is 16.4. The molecule has 0 atom stereocenters. The highest BCUT2D eigenvalue weighted by molar-refractivity contribution is 6.08. The summed E-state index contributed by atoms with van der Waals surface area (Å²) in [5, 5.41) is 11.0. The molecular weight excluding hydrogens is 120 g/mol. The minimum atomic E-state index is -0.953. The predicted molar refractivity (Wildman–Crippen MR) is 32.2 cm³/mol. The number of carboxylic acid groups (broad SMARTS) is 1. The summed E-state index contributed by atoms with van der Waals surface area (Å²) in [4.78, 5) is 13.8. The molecule has 0 aliphatic carbocycles. The van der Waals surface area contributed by atoms with Crippen LogP contribution in [0.5, 0.6) is 0 Å². The summed E-state index contributed by atoms with van der Waals surface area (Å²) in [6.07, 6.45) is 2.76. The minimum absolute atomic E-state index is 0.196. The number of nitrogens with zero attached hydrogens (tertiary/aromatic N) is 1. The van der Waals surface area contributed by atoms with Crippen molar-refractivity contribution >= 4 is 12.2 Å². The van der Waals surface area contributed by atoms with Gasteiger partial charge >= 0.3 is 5.97 Å². The Labute approximate surface area is 51.9 Å². The first kappa shape index (κ1) is 5.81. The standard InChI is InChI=1S/C5H6N2O2/c8-5(9)4-1-6-3-7-2-4/h1-2,6H,3H2,(H,8,9). The topological polar surface area (TPSA) is 61.7 Å². The predicted octanol–water partition coefficient (Wildman–Crippen LogP) is -0.414. The fourth-order valence-electron chi connectivity index (χ4n) is 0.507. The van der Waals surface area contributed by atoms with Gasteiger partial charge < -0.3 is 10.4 Å². The maximum absolute atomic E-state index is 10.2. The van der Waals surface area contributed by atoms with Crippen LogP contribution < -0.4 is 5.32 Å². The van der Waals surface area contributed by atoms with Crippen LogP contribution in [0.3, 0.4) is 0 Å². The van der Waals surface area contributed by atoms with E-state index in [1.807, 2.05) is 0 Å². The Bertz CT molecular complexity index is 183. The molecule has 1 aliphatic heterocycles. The maximum Gasteiger partial charge on any atom is 0.338 e. The Hall–Kier alpha value is -1.32. The highest BCUT2D eigenvalue weighted by Crippen LogP contribution is 1.91. The molecule has 0 aromatic heterocycles. The fourth-order valence-corrected chi connectivity index (χ4v) is 0.507. The molecule has 0 bridgehead atoms. The van der Waals surface area contributed by atoms with E-state index in [9.17, 15) is 4.79 Å². The van der Waals surface area contributed by atoms with Crippen molar-refractivity contribution in [3.05, 3.63) is 11.8 Å². The van der Waals surface area contributed by atoms with Gasteiger partial charge in [-0.1, -0.05) is 0 Å². The van der Waals surface area contributed by atoms with Crippen LogP contribution in [-0.2, 0) is 4.79 Å². The summed E-state index contributed by atoms with van der Waals surface area (Å²) in [6.45, 7) is 0.469. The number of carbonyl (C=O) groups is 1. The van der Waals surface area contributed by atoms with E-state index in [1.165, 1.54) is 12.4 Å². The lowest BCUT2D eigenvalue weighted by molar-refractivity contribution is -0.132. The molecule has 48 valence electrons. The second-order valence-electron chi connectivity index (χ2n) is 1.58. The van der Waals surface area contributed by atoms with Gasteiger partial charge in [-0.25, -0.2) is 4.79 Å². The fraction of sp³-hybridized carbons (Fsp3) is 0.200. The molecule has 0 amide bonds. The van der Waals surface area contributed by atoms with Crippen molar-refractivity contribution < 1.29 is 9.90 Å². The van der Waals surface area contributed by atoms with Crippen LogP contribution in [0, 0.1) is 0 Å². The molecule has 0 saturated carbocycles. The van der Waals surface area contributed by atoms with Crippen LogP contribution in [0.15, 0.2) is 16.8 Å². The maximum atomic E-state index is 10.2. The van der Waals surface area contributed by atoms with Gasteiger partial charge in [0.1, 0.15) is 6.67 Å². The Kier molecular flexibility index (Phi) is 1.48. The number of aliphatic carboxylic acids is 1. The molecule has 0 radical (unpaired) electrons. The minimum Gasteiger partial charge on any atom is -0.478 e. The van der Waals surface area contributed by atoms with E-state index in [2.05, 4.69) is 10.3 Å². The van der Waals surface area contributed by atoms with Gasteiger partial charge in [0.15, 0.2) is 0 Å². The lowest BCUT2D eigenvalue weighted by Crippen LogP contribution is -2.15. The molecule has 0 aromatic carbocycles. The first-order valence-corrected chi connectivity index (χ1v) is 2.47. The van der Waals surface area contributed by atoms with Gasteiger partial charge in [-0.15, -0.1) is 0 Å². The van der Waals surface area contributed by atoms with E-state index in [0.29, 0.717) is 6.67 Å². The molecule has 4 nitrogen and oxygen atoms in total.